The van der Waals surface area contributed by atoms with Crippen molar-refractivity contribution >= 4 is 5.69 Å². The minimum atomic E-state index is -0.111. The summed E-state index contributed by atoms with van der Waals surface area (Å²) in [6.45, 7) is 4.71. The van der Waals surface area contributed by atoms with Crippen molar-refractivity contribution < 1.29 is 4.39 Å². The molecule has 1 aromatic carbocycles. The second-order valence-electron chi connectivity index (χ2n) is 4.66. The summed E-state index contributed by atoms with van der Waals surface area (Å²) in [6.07, 6.45) is 1.90. The molecule has 2 N–H and O–H groups in total. The molecule has 1 saturated heterocycles. The highest BCUT2D eigenvalue weighted by Gasteiger charge is 2.21. The Morgan fingerprint density at radius 1 is 1.50 bits per heavy atom. The van der Waals surface area contributed by atoms with Gasteiger partial charge in [-0.15, -0.1) is 0 Å². The molecule has 1 unspecified atom stereocenters. The minimum absolute atomic E-state index is 0.111. The van der Waals surface area contributed by atoms with Crippen LogP contribution in [-0.2, 0) is 6.42 Å². The van der Waals surface area contributed by atoms with Crippen LogP contribution in [0.3, 0.4) is 0 Å². The van der Waals surface area contributed by atoms with E-state index in [0.717, 1.165) is 37.2 Å². The molecule has 0 aliphatic carbocycles. The molecular formula is C13H19FN2. The van der Waals surface area contributed by atoms with Crippen LogP contribution in [0.2, 0.25) is 0 Å². The maximum atomic E-state index is 13.9. The van der Waals surface area contributed by atoms with E-state index in [1.54, 1.807) is 6.07 Å². The summed E-state index contributed by atoms with van der Waals surface area (Å²) < 4.78 is 13.9. The zero-order valence-corrected chi connectivity index (χ0v) is 9.75. The lowest BCUT2D eigenvalue weighted by atomic mass is 10.1. The molecule has 1 fully saturated rings. The van der Waals surface area contributed by atoms with Gasteiger partial charge < -0.3 is 10.6 Å². The summed E-state index contributed by atoms with van der Waals surface area (Å²) in [7, 11) is 0. The number of nitrogens with two attached hydrogens (primary N) is 1. The Labute approximate surface area is 96.2 Å². The van der Waals surface area contributed by atoms with Gasteiger partial charge in [-0.25, -0.2) is 4.39 Å². The first-order valence-corrected chi connectivity index (χ1v) is 5.94. The molecule has 0 spiro atoms. The van der Waals surface area contributed by atoms with Crippen molar-refractivity contribution in [2.45, 2.75) is 19.8 Å². The van der Waals surface area contributed by atoms with E-state index in [1.807, 2.05) is 12.1 Å². The van der Waals surface area contributed by atoms with Gasteiger partial charge in [-0.1, -0.05) is 13.0 Å². The van der Waals surface area contributed by atoms with Crippen molar-refractivity contribution in [3.63, 3.8) is 0 Å². The Kier molecular flexibility index (Phi) is 3.44. The normalized spacial score (nSPS) is 20.4. The van der Waals surface area contributed by atoms with E-state index >= 15 is 0 Å². The highest BCUT2D eigenvalue weighted by atomic mass is 19.1. The Balaban J connectivity index is 2.16. The summed E-state index contributed by atoms with van der Waals surface area (Å²) in [5.41, 5.74) is 7.18. The molecule has 0 radical (unpaired) electrons. The average Bonchev–Trinajstić information content (AvgIpc) is 2.65. The van der Waals surface area contributed by atoms with Gasteiger partial charge in [0.25, 0.3) is 0 Å². The molecule has 1 aliphatic rings. The monoisotopic (exact) mass is 222 g/mol. The van der Waals surface area contributed by atoms with E-state index in [9.17, 15) is 4.39 Å². The molecule has 2 rings (SSSR count). The SMILES string of the molecule is CC1CCN(c2ccc(CCN)cc2F)C1. The van der Waals surface area contributed by atoms with Crippen LogP contribution in [0, 0.1) is 11.7 Å². The standard InChI is InChI=1S/C13H19FN2/c1-10-5-7-16(9-10)13-3-2-11(4-6-15)8-12(13)14/h2-3,8,10H,4-7,9,15H2,1H3. The van der Waals surface area contributed by atoms with Gasteiger partial charge in [0.15, 0.2) is 0 Å². The van der Waals surface area contributed by atoms with E-state index in [2.05, 4.69) is 11.8 Å². The second kappa shape index (κ2) is 4.83. The summed E-state index contributed by atoms with van der Waals surface area (Å²) in [4.78, 5) is 2.13. The predicted molar refractivity (Wildman–Crippen MR) is 65.2 cm³/mol. The largest absolute Gasteiger partial charge is 0.369 e. The number of anilines is 1. The van der Waals surface area contributed by atoms with E-state index in [-0.39, 0.29) is 5.82 Å². The molecule has 2 nitrogen and oxygen atoms in total. The summed E-state index contributed by atoms with van der Waals surface area (Å²) >= 11 is 0. The molecule has 16 heavy (non-hydrogen) atoms. The van der Waals surface area contributed by atoms with E-state index in [1.165, 1.54) is 0 Å². The van der Waals surface area contributed by atoms with Gasteiger partial charge in [0.05, 0.1) is 5.69 Å². The van der Waals surface area contributed by atoms with Crippen molar-refractivity contribution in [3.8, 4) is 0 Å². The minimum Gasteiger partial charge on any atom is -0.369 e. The van der Waals surface area contributed by atoms with Crippen molar-refractivity contribution in [2.24, 2.45) is 11.7 Å². The number of rotatable bonds is 3. The zero-order chi connectivity index (χ0) is 11.5. The van der Waals surface area contributed by atoms with Gasteiger partial charge >= 0.3 is 0 Å². The van der Waals surface area contributed by atoms with Crippen LogP contribution in [0.25, 0.3) is 0 Å². The number of hydrogen-bond donors (Lipinski definition) is 1. The van der Waals surface area contributed by atoms with Crippen molar-refractivity contribution in [2.75, 3.05) is 24.5 Å². The van der Waals surface area contributed by atoms with Crippen LogP contribution < -0.4 is 10.6 Å². The third-order valence-corrected chi connectivity index (χ3v) is 3.21. The predicted octanol–water partition coefficient (Wildman–Crippen LogP) is 2.17. The third-order valence-electron chi connectivity index (χ3n) is 3.21. The first-order valence-electron chi connectivity index (χ1n) is 5.94. The second-order valence-corrected chi connectivity index (χ2v) is 4.66. The molecule has 0 aromatic heterocycles. The molecule has 0 amide bonds. The molecule has 1 aromatic rings. The van der Waals surface area contributed by atoms with Crippen LogP contribution in [0.1, 0.15) is 18.9 Å². The molecule has 3 heteroatoms. The maximum absolute atomic E-state index is 13.9. The van der Waals surface area contributed by atoms with Crippen LogP contribution >= 0.6 is 0 Å². The average molecular weight is 222 g/mol. The molecule has 0 bridgehead atoms. The van der Waals surface area contributed by atoms with Crippen molar-refractivity contribution in [1.82, 2.24) is 0 Å². The van der Waals surface area contributed by atoms with Crippen molar-refractivity contribution in [1.29, 1.82) is 0 Å². The third kappa shape index (κ3) is 2.35. The number of nitrogens with zero attached hydrogens (tertiary/aromatic N) is 1. The number of halogens is 1. The first kappa shape index (κ1) is 11.4. The fourth-order valence-corrected chi connectivity index (χ4v) is 2.28. The first-order chi connectivity index (χ1) is 7.70. The van der Waals surface area contributed by atoms with E-state index in [4.69, 9.17) is 5.73 Å². The lowest BCUT2D eigenvalue weighted by Gasteiger charge is -2.19. The van der Waals surface area contributed by atoms with Crippen LogP contribution in [0.15, 0.2) is 18.2 Å². The fraction of sp³-hybridized carbons (Fsp3) is 0.538. The Morgan fingerprint density at radius 3 is 2.88 bits per heavy atom. The van der Waals surface area contributed by atoms with Gasteiger partial charge in [0.2, 0.25) is 0 Å². The van der Waals surface area contributed by atoms with Gasteiger partial charge in [0.1, 0.15) is 5.82 Å². The number of hydrogen-bond acceptors (Lipinski definition) is 2. The Morgan fingerprint density at radius 2 is 2.31 bits per heavy atom. The topological polar surface area (TPSA) is 29.3 Å². The molecule has 0 saturated carbocycles. The lowest BCUT2D eigenvalue weighted by Crippen LogP contribution is -2.20. The van der Waals surface area contributed by atoms with E-state index < -0.39 is 0 Å². The maximum Gasteiger partial charge on any atom is 0.146 e. The van der Waals surface area contributed by atoms with Gasteiger partial charge in [-0.05, 0) is 43.0 Å². The Bertz CT molecular complexity index is 365. The lowest BCUT2D eigenvalue weighted by molar-refractivity contribution is 0.617. The summed E-state index contributed by atoms with van der Waals surface area (Å²) in [5, 5.41) is 0. The summed E-state index contributed by atoms with van der Waals surface area (Å²) in [5.74, 6) is 0.558. The molecule has 1 atom stereocenters. The fourth-order valence-electron chi connectivity index (χ4n) is 2.28. The molecular weight excluding hydrogens is 203 g/mol. The highest BCUT2D eigenvalue weighted by Crippen LogP contribution is 2.26. The summed E-state index contributed by atoms with van der Waals surface area (Å²) in [6, 6.07) is 5.48. The molecule has 1 heterocycles. The van der Waals surface area contributed by atoms with Gasteiger partial charge in [-0.2, -0.15) is 0 Å². The highest BCUT2D eigenvalue weighted by molar-refractivity contribution is 5.50. The van der Waals surface area contributed by atoms with Crippen LogP contribution in [0.4, 0.5) is 10.1 Å². The van der Waals surface area contributed by atoms with Crippen LogP contribution in [0.5, 0.6) is 0 Å². The van der Waals surface area contributed by atoms with Crippen molar-refractivity contribution in [3.05, 3.63) is 29.6 Å². The quantitative estimate of drug-likeness (QED) is 0.849. The van der Waals surface area contributed by atoms with E-state index in [0.29, 0.717) is 12.5 Å². The number of benzene rings is 1. The smallest absolute Gasteiger partial charge is 0.146 e. The van der Waals surface area contributed by atoms with Gasteiger partial charge in [-0.3, -0.25) is 0 Å². The Hall–Kier alpha value is -1.09. The van der Waals surface area contributed by atoms with Crippen LogP contribution in [-0.4, -0.2) is 19.6 Å². The zero-order valence-electron chi connectivity index (χ0n) is 9.75. The molecule has 1 aliphatic heterocycles. The molecule has 88 valence electrons. The van der Waals surface area contributed by atoms with Gasteiger partial charge in [0, 0.05) is 13.1 Å².